The summed E-state index contributed by atoms with van der Waals surface area (Å²) in [6.07, 6.45) is -4.77. The summed E-state index contributed by atoms with van der Waals surface area (Å²) in [6, 6.07) is 10.7. The Bertz CT molecular complexity index is 1160. The summed E-state index contributed by atoms with van der Waals surface area (Å²) in [6.45, 7) is 0. The number of benzene rings is 1. The van der Waals surface area contributed by atoms with Crippen LogP contribution in [0.15, 0.2) is 52.9 Å². The van der Waals surface area contributed by atoms with Crippen LogP contribution in [0.1, 0.15) is 11.1 Å². The number of anilines is 1. The highest BCUT2D eigenvalue weighted by Crippen LogP contribution is 2.38. The molecule has 0 bridgehead atoms. The minimum atomic E-state index is -4.77. The van der Waals surface area contributed by atoms with E-state index in [4.69, 9.17) is 0 Å². The average Bonchev–Trinajstić information content (AvgIpc) is 3.26. The van der Waals surface area contributed by atoms with Crippen molar-refractivity contribution in [3.8, 4) is 16.6 Å². The van der Waals surface area contributed by atoms with Gasteiger partial charge in [-0.15, -0.1) is 11.3 Å². The monoisotopic (exact) mass is 464 g/mol. The molecular weight excluding hydrogens is 453 g/mol. The van der Waals surface area contributed by atoms with Gasteiger partial charge in [-0.1, -0.05) is 17.8 Å². The molecule has 0 radical (unpaired) electrons. The molecule has 1 amide bonds. The van der Waals surface area contributed by atoms with Gasteiger partial charge in [-0.2, -0.15) is 18.4 Å². The van der Waals surface area contributed by atoms with Crippen LogP contribution < -0.4 is 5.32 Å². The van der Waals surface area contributed by atoms with Gasteiger partial charge in [-0.05, 0) is 29.6 Å². The second kappa shape index (κ2) is 9.15. The third-order valence-corrected chi connectivity index (χ3v) is 5.75. The predicted octanol–water partition coefficient (Wildman–Crippen LogP) is 5.34. The number of halogens is 3. The van der Waals surface area contributed by atoms with E-state index in [1.165, 1.54) is 41.7 Å². The smallest absolute Gasteiger partial charge is 0.325 e. The Morgan fingerprint density at radius 2 is 2.00 bits per heavy atom. The van der Waals surface area contributed by atoms with Gasteiger partial charge in [-0.25, -0.2) is 4.98 Å². The molecule has 0 aliphatic heterocycles. The van der Waals surface area contributed by atoms with Crippen molar-refractivity contribution in [3.05, 3.63) is 69.1 Å². The average molecular weight is 464 g/mol. The molecule has 0 aliphatic carbocycles. The molecule has 158 valence electrons. The van der Waals surface area contributed by atoms with Gasteiger partial charge in [0.1, 0.15) is 11.1 Å². The number of hydrogen-bond donors (Lipinski definition) is 1. The molecular formula is C19H11F3N4O3S2. The van der Waals surface area contributed by atoms with E-state index in [0.29, 0.717) is 16.6 Å². The number of nitro benzene ring substituents is 1. The summed E-state index contributed by atoms with van der Waals surface area (Å²) in [4.78, 5) is 26.9. The van der Waals surface area contributed by atoms with Gasteiger partial charge in [0.25, 0.3) is 5.69 Å². The molecule has 31 heavy (non-hydrogen) atoms. The van der Waals surface area contributed by atoms with Crippen molar-refractivity contribution < 1.29 is 22.9 Å². The number of nitro groups is 1. The number of hydrogen-bond acceptors (Lipinski definition) is 7. The molecule has 2 heterocycles. The third-order valence-electron chi connectivity index (χ3n) is 3.88. The zero-order valence-electron chi connectivity index (χ0n) is 15.3. The minimum absolute atomic E-state index is 0.0552. The molecule has 0 saturated carbocycles. The Hall–Kier alpha value is -3.43. The van der Waals surface area contributed by atoms with Crippen molar-refractivity contribution in [2.45, 2.75) is 11.2 Å². The van der Waals surface area contributed by atoms with Crippen molar-refractivity contribution >= 4 is 40.4 Å². The molecule has 3 aromatic rings. The van der Waals surface area contributed by atoms with Crippen LogP contribution in [0, 0.1) is 21.4 Å². The maximum absolute atomic E-state index is 13.5. The predicted molar refractivity (Wildman–Crippen MR) is 110 cm³/mol. The topological polar surface area (TPSA) is 109 Å². The standard InChI is InChI=1S/C19H11F3N4O3S2/c20-19(21,22)14-8-15(16-2-1-7-30-16)25-18(13(14)9-23)31-10-17(27)24-11-3-5-12(6-4-11)26(28)29/h1-8H,10H2,(H,24,27). The number of rotatable bonds is 6. The van der Waals surface area contributed by atoms with E-state index >= 15 is 0 Å². The molecule has 0 spiro atoms. The van der Waals surface area contributed by atoms with Crippen molar-refractivity contribution in [2.75, 3.05) is 11.1 Å². The number of nitrogens with one attached hydrogen (secondary N) is 1. The highest BCUT2D eigenvalue weighted by molar-refractivity contribution is 8.00. The van der Waals surface area contributed by atoms with E-state index in [2.05, 4.69) is 10.3 Å². The lowest BCUT2D eigenvalue weighted by atomic mass is 10.1. The Balaban J connectivity index is 1.83. The quantitative estimate of drug-likeness (QED) is 0.300. The molecule has 0 fully saturated rings. The fourth-order valence-electron chi connectivity index (χ4n) is 2.51. The zero-order valence-corrected chi connectivity index (χ0v) is 17.0. The van der Waals surface area contributed by atoms with E-state index in [1.54, 1.807) is 17.5 Å². The molecule has 0 unspecified atom stereocenters. The number of thiophene rings is 1. The SMILES string of the molecule is N#Cc1c(C(F)(F)F)cc(-c2cccs2)nc1SCC(=O)Nc1ccc([N+](=O)[O-])cc1. The summed E-state index contributed by atoms with van der Waals surface area (Å²) in [5, 5.41) is 23.9. The van der Waals surface area contributed by atoms with Crippen molar-refractivity contribution in [3.63, 3.8) is 0 Å². The number of aromatic nitrogens is 1. The van der Waals surface area contributed by atoms with E-state index < -0.39 is 28.1 Å². The lowest BCUT2D eigenvalue weighted by molar-refractivity contribution is -0.384. The second-order valence-corrected chi connectivity index (χ2v) is 7.87. The summed E-state index contributed by atoms with van der Waals surface area (Å²) >= 11 is 1.90. The highest BCUT2D eigenvalue weighted by atomic mass is 32.2. The van der Waals surface area contributed by atoms with Gasteiger partial charge < -0.3 is 5.32 Å². The lowest BCUT2D eigenvalue weighted by Crippen LogP contribution is -2.15. The normalized spacial score (nSPS) is 11.0. The Morgan fingerprint density at radius 1 is 1.29 bits per heavy atom. The van der Waals surface area contributed by atoms with Crippen LogP contribution in [0.25, 0.3) is 10.6 Å². The van der Waals surface area contributed by atoms with Gasteiger partial charge in [-0.3, -0.25) is 14.9 Å². The van der Waals surface area contributed by atoms with Gasteiger partial charge in [0.15, 0.2) is 0 Å². The number of carbonyl (C=O) groups excluding carboxylic acids is 1. The van der Waals surface area contributed by atoms with Crippen molar-refractivity contribution in [2.24, 2.45) is 0 Å². The van der Waals surface area contributed by atoms with Crippen LogP contribution in [-0.4, -0.2) is 21.6 Å². The maximum atomic E-state index is 13.5. The number of carbonyl (C=O) groups is 1. The minimum Gasteiger partial charge on any atom is -0.325 e. The van der Waals surface area contributed by atoms with Crippen molar-refractivity contribution in [1.29, 1.82) is 5.26 Å². The Morgan fingerprint density at radius 3 is 2.55 bits per heavy atom. The van der Waals surface area contributed by atoms with Crippen LogP contribution in [-0.2, 0) is 11.0 Å². The summed E-state index contributed by atoms with van der Waals surface area (Å²) in [5.74, 6) is -0.885. The van der Waals surface area contributed by atoms with Gasteiger partial charge in [0, 0.05) is 17.8 Å². The second-order valence-electron chi connectivity index (χ2n) is 5.96. The van der Waals surface area contributed by atoms with E-state index in [-0.39, 0.29) is 27.8 Å². The number of nitrogens with zero attached hydrogens (tertiary/aromatic N) is 3. The first-order valence-corrected chi connectivity index (χ1v) is 10.3. The number of nitriles is 1. The first kappa shape index (κ1) is 22.3. The Kier molecular flexibility index (Phi) is 6.57. The third kappa shape index (κ3) is 5.39. The van der Waals surface area contributed by atoms with E-state index in [0.717, 1.165) is 6.07 Å². The summed E-state index contributed by atoms with van der Waals surface area (Å²) in [7, 11) is 0. The molecule has 0 atom stereocenters. The first-order valence-electron chi connectivity index (χ1n) is 8.42. The molecule has 1 N–H and O–H groups in total. The first-order chi connectivity index (χ1) is 14.7. The number of thioether (sulfide) groups is 1. The van der Waals surface area contributed by atoms with Crippen LogP contribution in [0.3, 0.4) is 0 Å². The number of alkyl halides is 3. The molecule has 12 heteroatoms. The summed E-state index contributed by atoms with van der Waals surface area (Å²) < 4.78 is 40.5. The van der Waals surface area contributed by atoms with E-state index in [9.17, 15) is 33.3 Å². The largest absolute Gasteiger partial charge is 0.417 e. The highest BCUT2D eigenvalue weighted by Gasteiger charge is 2.36. The van der Waals surface area contributed by atoms with Gasteiger partial charge in [0.05, 0.1) is 32.4 Å². The maximum Gasteiger partial charge on any atom is 0.417 e. The van der Waals surface area contributed by atoms with Gasteiger partial charge >= 0.3 is 6.18 Å². The molecule has 2 aromatic heterocycles. The fourth-order valence-corrected chi connectivity index (χ4v) is 3.99. The van der Waals surface area contributed by atoms with Crippen LogP contribution >= 0.6 is 23.1 Å². The fraction of sp³-hybridized carbons (Fsp3) is 0.105. The van der Waals surface area contributed by atoms with E-state index in [1.807, 2.05) is 0 Å². The molecule has 0 saturated heterocycles. The number of non-ortho nitro benzene ring substituents is 1. The summed E-state index contributed by atoms with van der Waals surface area (Å²) in [5.41, 5.74) is -1.58. The molecule has 3 rings (SSSR count). The molecule has 1 aromatic carbocycles. The van der Waals surface area contributed by atoms with Crippen LogP contribution in [0.5, 0.6) is 0 Å². The van der Waals surface area contributed by atoms with Crippen LogP contribution in [0.2, 0.25) is 0 Å². The molecule has 7 nitrogen and oxygen atoms in total. The van der Waals surface area contributed by atoms with Gasteiger partial charge in [0.2, 0.25) is 5.91 Å². The zero-order chi connectivity index (χ0) is 22.6. The lowest BCUT2D eigenvalue weighted by Gasteiger charge is -2.13. The Labute approximate surface area is 181 Å². The van der Waals surface area contributed by atoms with Crippen molar-refractivity contribution in [1.82, 2.24) is 4.98 Å². The molecule has 0 aliphatic rings. The number of pyridine rings is 1. The number of amides is 1. The van der Waals surface area contributed by atoms with Crippen LogP contribution in [0.4, 0.5) is 24.5 Å².